The molecule has 0 aliphatic carbocycles. The molecule has 2 rings (SSSR count). The van der Waals surface area contributed by atoms with Crippen molar-refractivity contribution in [3.63, 3.8) is 0 Å². The molecule has 1 N–H and O–H groups in total. The van der Waals surface area contributed by atoms with Crippen LogP contribution in [-0.2, 0) is 0 Å². The van der Waals surface area contributed by atoms with Crippen LogP contribution in [0.25, 0.3) is 0 Å². The van der Waals surface area contributed by atoms with Gasteiger partial charge in [0, 0.05) is 10.0 Å². The third-order valence-corrected chi connectivity index (χ3v) is 3.73. The summed E-state index contributed by atoms with van der Waals surface area (Å²) in [4.78, 5) is 0. The monoisotopic (exact) mass is 333 g/mol. The Labute approximate surface area is 129 Å². The van der Waals surface area contributed by atoms with Gasteiger partial charge in [0.25, 0.3) is 0 Å². The number of halogens is 1. The van der Waals surface area contributed by atoms with E-state index in [2.05, 4.69) is 58.5 Å². The van der Waals surface area contributed by atoms with E-state index in [0.717, 1.165) is 28.8 Å². The van der Waals surface area contributed by atoms with E-state index in [1.54, 1.807) is 7.11 Å². The number of methoxy groups -OCH3 is 1. The normalized spacial score (nSPS) is 12.2. The van der Waals surface area contributed by atoms with E-state index in [0.29, 0.717) is 0 Å². The second-order valence-electron chi connectivity index (χ2n) is 4.68. The van der Waals surface area contributed by atoms with Crippen molar-refractivity contribution in [3.8, 4) is 5.75 Å². The van der Waals surface area contributed by atoms with Crippen LogP contribution < -0.4 is 10.1 Å². The van der Waals surface area contributed by atoms with E-state index in [-0.39, 0.29) is 6.04 Å². The van der Waals surface area contributed by atoms with Gasteiger partial charge in [-0.3, -0.25) is 0 Å². The molecule has 20 heavy (non-hydrogen) atoms. The molecule has 0 aliphatic rings. The highest BCUT2D eigenvalue weighted by Gasteiger charge is 2.17. The van der Waals surface area contributed by atoms with E-state index in [9.17, 15) is 0 Å². The van der Waals surface area contributed by atoms with Crippen molar-refractivity contribution in [3.05, 3.63) is 64.1 Å². The number of hydrogen-bond acceptors (Lipinski definition) is 2. The van der Waals surface area contributed by atoms with Gasteiger partial charge in [0.1, 0.15) is 5.75 Å². The SMILES string of the molecule is CCCNC(c1ccccc1)c1cc(Br)ccc1OC. The molecule has 0 fully saturated rings. The molecule has 106 valence electrons. The van der Waals surface area contributed by atoms with E-state index < -0.39 is 0 Å². The van der Waals surface area contributed by atoms with Gasteiger partial charge in [-0.2, -0.15) is 0 Å². The fourth-order valence-corrected chi connectivity index (χ4v) is 2.65. The zero-order valence-corrected chi connectivity index (χ0v) is 13.5. The van der Waals surface area contributed by atoms with Gasteiger partial charge in [-0.05, 0) is 36.7 Å². The van der Waals surface area contributed by atoms with Crippen LogP contribution in [0.1, 0.15) is 30.5 Å². The van der Waals surface area contributed by atoms with Crippen LogP contribution >= 0.6 is 15.9 Å². The molecule has 2 aromatic carbocycles. The summed E-state index contributed by atoms with van der Waals surface area (Å²) >= 11 is 3.55. The standard InChI is InChI=1S/C17H20BrNO/c1-3-11-19-17(13-7-5-4-6-8-13)15-12-14(18)9-10-16(15)20-2/h4-10,12,17,19H,3,11H2,1-2H3. The molecule has 0 saturated carbocycles. The van der Waals surface area contributed by atoms with Crippen LogP contribution in [-0.4, -0.2) is 13.7 Å². The lowest BCUT2D eigenvalue weighted by atomic mass is 9.97. The summed E-state index contributed by atoms with van der Waals surface area (Å²) in [5.41, 5.74) is 2.40. The molecule has 0 spiro atoms. The Balaban J connectivity index is 2.43. The largest absolute Gasteiger partial charge is 0.496 e. The Hall–Kier alpha value is -1.32. The van der Waals surface area contributed by atoms with Crippen molar-refractivity contribution in [2.45, 2.75) is 19.4 Å². The molecule has 1 unspecified atom stereocenters. The van der Waals surface area contributed by atoms with Gasteiger partial charge in [-0.25, -0.2) is 0 Å². The van der Waals surface area contributed by atoms with Gasteiger partial charge in [0.15, 0.2) is 0 Å². The molecule has 0 aliphatic heterocycles. The molecule has 0 amide bonds. The van der Waals surface area contributed by atoms with Gasteiger partial charge in [-0.1, -0.05) is 53.2 Å². The summed E-state index contributed by atoms with van der Waals surface area (Å²) in [6.45, 7) is 3.14. The molecule has 0 saturated heterocycles. The average Bonchev–Trinajstić information content (AvgIpc) is 2.49. The van der Waals surface area contributed by atoms with Crippen LogP contribution in [0.4, 0.5) is 0 Å². The third-order valence-electron chi connectivity index (χ3n) is 3.23. The number of rotatable bonds is 6. The van der Waals surface area contributed by atoms with Gasteiger partial charge in [0.2, 0.25) is 0 Å². The summed E-state index contributed by atoms with van der Waals surface area (Å²) < 4.78 is 6.58. The van der Waals surface area contributed by atoms with Gasteiger partial charge < -0.3 is 10.1 Å². The second-order valence-corrected chi connectivity index (χ2v) is 5.60. The highest BCUT2D eigenvalue weighted by Crippen LogP contribution is 2.32. The van der Waals surface area contributed by atoms with E-state index in [4.69, 9.17) is 4.74 Å². The topological polar surface area (TPSA) is 21.3 Å². The molecule has 0 aromatic heterocycles. The summed E-state index contributed by atoms with van der Waals surface area (Å²) in [6.07, 6.45) is 1.10. The number of benzene rings is 2. The minimum absolute atomic E-state index is 0.142. The Kier molecular flexibility index (Phi) is 5.62. The molecular formula is C17H20BrNO. The minimum Gasteiger partial charge on any atom is -0.496 e. The maximum absolute atomic E-state index is 5.52. The lowest BCUT2D eigenvalue weighted by Crippen LogP contribution is -2.23. The first kappa shape index (κ1) is 15.1. The smallest absolute Gasteiger partial charge is 0.124 e. The first-order chi connectivity index (χ1) is 9.76. The Morgan fingerprint density at radius 3 is 2.55 bits per heavy atom. The van der Waals surface area contributed by atoms with E-state index in [1.807, 2.05) is 18.2 Å². The van der Waals surface area contributed by atoms with Gasteiger partial charge in [-0.15, -0.1) is 0 Å². The van der Waals surface area contributed by atoms with Crippen molar-refractivity contribution < 1.29 is 4.74 Å². The average molecular weight is 334 g/mol. The molecule has 1 atom stereocenters. The summed E-state index contributed by atoms with van der Waals surface area (Å²) in [5.74, 6) is 0.908. The van der Waals surface area contributed by atoms with Crippen molar-refractivity contribution >= 4 is 15.9 Å². The van der Waals surface area contributed by atoms with Crippen LogP contribution in [0.2, 0.25) is 0 Å². The highest BCUT2D eigenvalue weighted by molar-refractivity contribution is 9.10. The van der Waals surface area contributed by atoms with Crippen LogP contribution in [0.15, 0.2) is 53.0 Å². The summed E-state index contributed by atoms with van der Waals surface area (Å²) in [6, 6.07) is 16.7. The van der Waals surface area contributed by atoms with Crippen LogP contribution in [0, 0.1) is 0 Å². The third kappa shape index (κ3) is 3.62. The molecule has 0 heterocycles. The Bertz CT molecular complexity index is 542. The lowest BCUT2D eigenvalue weighted by Gasteiger charge is -2.22. The maximum Gasteiger partial charge on any atom is 0.124 e. The fraction of sp³-hybridized carbons (Fsp3) is 0.294. The second kappa shape index (κ2) is 7.46. The zero-order chi connectivity index (χ0) is 14.4. The lowest BCUT2D eigenvalue weighted by molar-refractivity contribution is 0.403. The van der Waals surface area contributed by atoms with Crippen LogP contribution in [0.5, 0.6) is 5.75 Å². The molecule has 2 aromatic rings. The predicted molar refractivity (Wildman–Crippen MR) is 87.3 cm³/mol. The molecule has 0 radical (unpaired) electrons. The fourth-order valence-electron chi connectivity index (χ4n) is 2.27. The van der Waals surface area contributed by atoms with Gasteiger partial charge >= 0.3 is 0 Å². The minimum atomic E-state index is 0.142. The maximum atomic E-state index is 5.52. The van der Waals surface area contributed by atoms with E-state index in [1.165, 1.54) is 5.56 Å². The summed E-state index contributed by atoms with van der Waals surface area (Å²) in [5, 5.41) is 3.60. The number of nitrogens with one attached hydrogen (secondary N) is 1. The quantitative estimate of drug-likeness (QED) is 0.837. The molecule has 0 bridgehead atoms. The van der Waals surface area contributed by atoms with Crippen molar-refractivity contribution in [1.82, 2.24) is 5.32 Å². The number of ether oxygens (including phenoxy) is 1. The predicted octanol–water partition coefficient (Wildman–Crippen LogP) is 4.55. The van der Waals surface area contributed by atoms with Crippen molar-refractivity contribution in [1.29, 1.82) is 0 Å². The zero-order valence-electron chi connectivity index (χ0n) is 11.9. The highest BCUT2D eigenvalue weighted by atomic mass is 79.9. The Morgan fingerprint density at radius 1 is 1.15 bits per heavy atom. The summed E-state index contributed by atoms with van der Waals surface area (Å²) in [7, 11) is 1.72. The first-order valence-corrected chi connectivity index (χ1v) is 7.67. The Morgan fingerprint density at radius 2 is 1.90 bits per heavy atom. The molecule has 2 nitrogen and oxygen atoms in total. The van der Waals surface area contributed by atoms with Crippen LogP contribution in [0.3, 0.4) is 0 Å². The van der Waals surface area contributed by atoms with Gasteiger partial charge in [0.05, 0.1) is 13.2 Å². The molecule has 3 heteroatoms. The van der Waals surface area contributed by atoms with Crippen molar-refractivity contribution in [2.75, 3.05) is 13.7 Å². The number of hydrogen-bond donors (Lipinski definition) is 1. The first-order valence-electron chi connectivity index (χ1n) is 6.88. The van der Waals surface area contributed by atoms with Crippen molar-refractivity contribution in [2.24, 2.45) is 0 Å². The molecular weight excluding hydrogens is 314 g/mol. The van der Waals surface area contributed by atoms with E-state index >= 15 is 0 Å².